The second-order valence-corrected chi connectivity index (χ2v) is 5.96. The number of rotatable bonds is 2. The van der Waals surface area contributed by atoms with Gasteiger partial charge in [-0.05, 0) is 25.0 Å². The molecule has 0 amide bonds. The van der Waals surface area contributed by atoms with Gasteiger partial charge in [0.15, 0.2) is 6.29 Å². The van der Waals surface area contributed by atoms with Crippen molar-refractivity contribution in [2.75, 3.05) is 0 Å². The first-order valence-corrected chi connectivity index (χ1v) is 7.61. The smallest absolute Gasteiger partial charge is 0.183 e. The van der Waals surface area contributed by atoms with Crippen LogP contribution < -0.4 is 0 Å². The fourth-order valence-electron chi connectivity index (χ4n) is 3.10. The van der Waals surface area contributed by atoms with Crippen LogP contribution in [0.4, 0.5) is 0 Å². The van der Waals surface area contributed by atoms with E-state index in [1.54, 1.807) is 18.2 Å². The van der Waals surface area contributed by atoms with Gasteiger partial charge in [0.2, 0.25) is 0 Å². The summed E-state index contributed by atoms with van der Waals surface area (Å²) in [5.74, 6) is 0. The number of nitrogens with zero attached hydrogens (tertiary/aromatic N) is 1. The summed E-state index contributed by atoms with van der Waals surface area (Å²) >= 11 is 0. The second-order valence-electron chi connectivity index (χ2n) is 5.96. The van der Waals surface area contributed by atoms with Crippen LogP contribution in [-0.4, -0.2) is 73.4 Å². The van der Waals surface area contributed by atoms with Gasteiger partial charge in [-0.3, -0.25) is 4.98 Å². The molecule has 8 atom stereocenters. The SMILES string of the molecule is O[C@@H]1[C@@H](O)[C@H](O)O[C@@H]2CC[C@H](O)[C@H]([C@@H](O)c3ccccn3)O[C@@H]12.[V]. The third kappa shape index (κ3) is 3.82. The molecule has 2 aliphatic rings. The first-order chi connectivity index (χ1) is 11.0. The van der Waals surface area contributed by atoms with E-state index in [2.05, 4.69) is 4.98 Å². The standard InChI is InChI=1S/C15H21NO7.V/c17-8-4-5-9-14(11(19)12(20)15(21)22-9)23-13(8)10(18)7-3-1-2-6-16-7;/h1-3,6,8-15,17-21H,4-5H2;/t8-,9+,10-,11+,12+,13+,14+,15+;/m0./s1. The minimum atomic E-state index is -1.51. The zero-order valence-electron chi connectivity index (χ0n) is 12.8. The molecule has 1 radical (unpaired) electrons. The molecule has 2 fully saturated rings. The third-order valence-electron chi connectivity index (χ3n) is 4.40. The fourth-order valence-corrected chi connectivity index (χ4v) is 3.10. The summed E-state index contributed by atoms with van der Waals surface area (Å²) in [4.78, 5) is 4.04. The Kier molecular flexibility index (Phi) is 6.77. The average molecular weight is 378 g/mol. The number of fused-ring (bicyclic) bond motifs is 1. The molecule has 5 N–H and O–H groups in total. The van der Waals surface area contributed by atoms with Crippen LogP contribution in [0.25, 0.3) is 0 Å². The van der Waals surface area contributed by atoms with E-state index in [9.17, 15) is 25.5 Å². The Bertz CT molecular complexity index is 522. The number of aromatic nitrogens is 1. The molecule has 0 aromatic carbocycles. The summed E-state index contributed by atoms with van der Waals surface area (Å²) < 4.78 is 10.9. The van der Waals surface area contributed by atoms with E-state index in [1.165, 1.54) is 6.20 Å². The van der Waals surface area contributed by atoms with Crippen molar-refractivity contribution in [1.82, 2.24) is 4.98 Å². The van der Waals surface area contributed by atoms with Crippen molar-refractivity contribution in [1.29, 1.82) is 0 Å². The molecule has 0 unspecified atom stereocenters. The van der Waals surface area contributed by atoms with Crippen molar-refractivity contribution < 1.29 is 53.6 Å². The molecule has 1 aromatic rings. The monoisotopic (exact) mass is 378 g/mol. The van der Waals surface area contributed by atoms with Gasteiger partial charge in [0, 0.05) is 24.8 Å². The van der Waals surface area contributed by atoms with Gasteiger partial charge in [0.1, 0.15) is 30.5 Å². The van der Waals surface area contributed by atoms with Crippen molar-refractivity contribution >= 4 is 0 Å². The van der Waals surface area contributed by atoms with Crippen molar-refractivity contribution in [3.63, 3.8) is 0 Å². The van der Waals surface area contributed by atoms with Crippen LogP contribution in [0.1, 0.15) is 24.6 Å². The summed E-state index contributed by atoms with van der Waals surface area (Å²) in [6.07, 6.45) is -7.18. The Morgan fingerprint density at radius 1 is 1.04 bits per heavy atom. The van der Waals surface area contributed by atoms with Gasteiger partial charge < -0.3 is 35.0 Å². The van der Waals surface area contributed by atoms with E-state index in [0.717, 1.165) is 0 Å². The molecule has 0 bridgehead atoms. The molecule has 133 valence electrons. The molecular weight excluding hydrogens is 357 g/mol. The predicted molar refractivity (Wildman–Crippen MR) is 76.0 cm³/mol. The van der Waals surface area contributed by atoms with Crippen LogP contribution in [0.2, 0.25) is 0 Å². The van der Waals surface area contributed by atoms with Gasteiger partial charge in [-0.25, -0.2) is 0 Å². The molecule has 2 saturated heterocycles. The van der Waals surface area contributed by atoms with Gasteiger partial charge in [-0.2, -0.15) is 0 Å². The fraction of sp³-hybridized carbons (Fsp3) is 0.667. The van der Waals surface area contributed by atoms with E-state index in [4.69, 9.17) is 9.47 Å². The first kappa shape index (κ1) is 19.8. The van der Waals surface area contributed by atoms with Crippen molar-refractivity contribution in [3.8, 4) is 0 Å². The largest absolute Gasteiger partial charge is 0.390 e. The minimum absolute atomic E-state index is 0. The Morgan fingerprint density at radius 3 is 2.46 bits per heavy atom. The summed E-state index contributed by atoms with van der Waals surface area (Å²) in [5, 5.41) is 50.2. The third-order valence-corrected chi connectivity index (χ3v) is 4.40. The molecule has 0 saturated carbocycles. The number of aliphatic hydroxyl groups excluding tert-OH is 5. The molecule has 0 spiro atoms. The maximum atomic E-state index is 10.5. The van der Waals surface area contributed by atoms with E-state index in [-0.39, 0.29) is 25.0 Å². The van der Waals surface area contributed by atoms with Gasteiger partial charge >= 0.3 is 0 Å². The number of ether oxygens (including phenoxy) is 2. The van der Waals surface area contributed by atoms with Crippen LogP contribution in [0.5, 0.6) is 0 Å². The van der Waals surface area contributed by atoms with Crippen LogP contribution in [-0.2, 0) is 28.0 Å². The Hall–Kier alpha value is -0.546. The van der Waals surface area contributed by atoms with Crippen molar-refractivity contribution in [2.24, 2.45) is 0 Å². The summed E-state index contributed by atoms with van der Waals surface area (Å²) in [7, 11) is 0. The molecule has 1 aromatic heterocycles. The molecule has 3 rings (SSSR count). The van der Waals surface area contributed by atoms with E-state index in [0.29, 0.717) is 12.1 Å². The minimum Gasteiger partial charge on any atom is -0.390 e. The molecule has 24 heavy (non-hydrogen) atoms. The first-order valence-electron chi connectivity index (χ1n) is 7.61. The predicted octanol–water partition coefficient (Wildman–Crippen LogP) is -1.54. The van der Waals surface area contributed by atoms with Gasteiger partial charge in [-0.15, -0.1) is 0 Å². The van der Waals surface area contributed by atoms with Gasteiger partial charge in [0.25, 0.3) is 0 Å². The Balaban J connectivity index is 0.00000208. The summed E-state index contributed by atoms with van der Waals surface area (Å²) in [6, 6.07) is 5.01. The quantitative estimate of drug-likeness (QED) is 0.418. The van der Waals surface area contributed by atoms with Crippen LogP contribution in [0, 0.1) is 0 Å². The van der Waals surface area contributed by atoms with Gasteiger partial charge in [-0.1, -0.05) is 6.07 Å². The molecular formula is C15H21NO7V. The molecule has 3 heterocycles. The van der Waals surface area contributed by atoms with Crippen molar-refractivity contribution in [2.45, 2.75) is 61.9 Å². The van der Waals surface area contributed by atoms with Crippen LogP contribution in [0.3, 0.4) is 0 Å². The molecule has 9 heteroatoms. The topological polar surface area (TPSA) is 132 Å². The van der Waals surface area contributed by atoms with E-state index in [1.807, 2.05) is 0 Å². The molecule has 0 aliphatic carbocycles. The number of hydrogen-bond donors (Lipinski definition) is 5. The van der Waals surface area contributed by atoms with Crippen molar-refractivity contribution in [3.05, 3.63) is 30.1 Å². The normalized spacial score (nSPS) is 40.8. The average Bonchev–Trinajstić information content (AvgIpc) is 2.73. The summed E-state index contributed by atoms with van der Waals surface area (Å²) in [5.41, 5.74) is 0.335. The number of hydrogen-bond acceptors (Lipinski definition) is 8. The summed E-state index contributed by atoms with van der Waals surface area (Å²) in [6.45, 7) is 0. The van der Waals surface area contributed by atoms with Crippen LogP contribution >= 0.6 is 0 Å². The number of aliphatic hydroxyl groups is 5. The Labute approximate surface area is 150 Å². The number of pyridine rings is 1. The molecule has 2 aliphatic heterocycles. The maximum Gasteiger partial charge on any atom is 0.183 e. The molecule has 8 nitrogen and oxygen atoms in total. The zero-order valence-corrected chi connectivity index (χ0v) is 14.2. The maximum absolute atomic E-state index is 10.5. The van der Waals surface area contributed by atoms with Crippen LogP contribution in [0.15, 0.2) is 24.4 Å². The van der Waals surface area contributed by atoms with Gasteiger partial charge in [0.05, 0.1) is 17.9 Å². The second kappa shape index (κ2) is 8.22. The van der Waals surface area contributed by atoms with E-state index < -0.39 is 49.0 Å². The Morgan fingerprint density at radius 2 is 1.79 bits per heavy atom. The van der Waals surface area contributed by atoms with E-state index >= 15 is 0 Å². The zero-order chi connectivity index (χ0) is 16.6.